The average molecular weight is 1730 g/mol. The number of benzene rings is 6. The molecule has 0 unspecified atom stereocenters. The maximum absolute atomic E-state index is 13.9. The van der Waals surface area contributed by atoms with Crippen molar-refractivity contribution in [1.82, 2.24) is 54.8 Å². The van der Waals surface area contributed by atoms with Crippen molar-refractivity contribution in [2.24, 2.45) is 0 Å². The summed E-state index contributed by atoms with van der Waals surface area (Å²) in [6.45, 7) is 25.1. The Morgan fingerprint density at radius 2 is 0.780 bits per heavy atom. The molecule has 0 spiro atoms. The van der Waals surface area contributed by atoms with Crippen LogP contribution in [0.3, 0.4) is 0 Å². The predicted octanol–water partition coefficient (Wildman–Crippen LogP) is 15.4. The average Bonchev–Trinajstić information content (AvgIpc) is 0.822. The van der Waals surface area contributed by atoms with Crippen molar-refractivity contribution in [3.05, 3.63) is 161 Å². The number of amides is 2. The normalized spacial score (nSPS) is 16.1. The summed E-state index contributed by atoms with van der Waals surface area (Å²) in [4.78, 5) is 55.1. The molecule has 35 heteroatoms. The van der Waals surface area contributed by atoms with Crippen LogP contribution in [0, 0.1) is 5.82 Å². The Labute approximate surface area is 707 Å². The van der Waals surface area contributed by atoms with Crippen LogP contribution in [-0.2, 0) is 18.4 Å². The largest absolute Gasteiger partial charge is 0.494 e. The van der Waals surface area contributed by atoms with Gasteiger partial charge in [0.05, 0.1) is 87.3 Å². The number of anilines is 15. The van der Waals surface area contributed by atoms with Gasteiger partial charge in [0.15, 0.2) is 17.5 Å². The molecule has 0 bridgehead atoms. The van der Waals surface area contributed by atoms with E-state index in [1.165, 1.54) is 36.8 Å². The minimum absolute atomic E-state index is 0. The first kappa shape index (κ1) is 89.5. The number of carbonyl (C=O) groups is 1. The van der Waals surface area contributed by atoms with Crippen molar-refractivity contribution in [2.45, 2.75) is 45.2 Å². The molecule has 5 aliphatic heterocycles. The van der Waals surface area contributed by atoms with Gasteiger partial charge in [0.1, 0.15) is 59.6 Å². The zero-order chi connectivity index (χ0) is 83.1. The monoisotopic (exact) mass is 1730 g/mol. The van der Waals surface area contributed by atoms with Gasteiger partial charge in [-0.15, -0.1) is 0 Å². The zero-order valence-corrected chi connectivity index (χ0v) is 73.0. The quantitative estimate of drug-likeness (QED) is 0.0293. The summed E-state index contributed by atoms with van der Waals surface area (Å²) in [5.74, 6) is 3.72. The SMILES string of the molecule is C.CNC(=O)N1CCN(C2CCN(c3ccc(Nc4ncc(Cl)c(Nc5ccccc5P(C)(C)=O)n4)c(OC)c3)CC2)CC1.COc1cc(N2CCC(N3CCN(C)CC3)CC2)ccc1Nc1ncc(Cl)c(Nc2ccc(F)cc2P(C)(C)=O)n1.COc1cc(N2CCOCC2)ccc1Nc1ncc(Cl)c(Nc2ccccc2P(C)(C)=O)n1. The molecule has 2 amide bonds. The van der Waals surface area contributed by atoms with E-state index in [9.17, 15) is 22.9 Å². The van der Waals surface area contributed by atoms with Gasteiger partial charge in [-0.3, -0.25) is 9.80 Å². The minimum atomic E-state index is -2.77. The van der Waals surface area contributed by atoms with Gasteiger partial charge >= 0.3 is 6.03 Å². The fraction of sp³-hybridized carbons (Fsp3) is 0.410. The van der Waals surface area contributed by atoms with E-state index < -0.39 is 27.2 Å². The summed E-state index contributed by atoms with van der Waals surface area (Å²) in [6, 6.07) is 38.3. The molecule has 0 saturated carbocycles. The molecule has 632 valence electrons. The van der Waals surface area contributed by atoms with Crippen molar-refractivity contribution in [1.29, 1.82) is 0 Å². The van der Waals surface area contributed by atoms with Crippen LogP contribution in [0.2, 0.25) is 15.1 Å². The van der Waals surface area contributed by atoms with Crippen molar-refractivity contribution in [3.63, 3.8) is 0 Å². The second-order valence-corrected chi connectivity index (χ2v) is 41.0. The first-order valence-electron chi connectivity index (χ1n) is 39.0. The molecule has 118 heavy (non-hydrogen) atoms. The molecule has 5 aliphatic rings. The summed E-state index contributed by atoms with van der Waals surface area (Å²) < 4.78 is 74.7. The van der Waals surface area contributed by atoms with Crippen LogP contribution in [-0.4, -0.2) is 248 Å². The van der Waals surface area contributed by atoms with Crippen molar-refractivity contribution in [3.8, 4) is 17.2 Å². The Hall–Kier alpha value is -9.24. The number of hydrogen-bond donors (Lipinski definition) is 7. The highest BCUT2D eigenvalue weighted by Gasteiger charge is 2.32. The van der Waals surface area contributed by atoms with E-state index >= 15 is 0 Å². The Bertz CT molecular complexity index is 5070. The van der Waals surface area contributed by atoms with Crippen LogP contribution in [0.15, 0.2) is 140 Å². The van der Waals surface area contributed by atoms with Crippen LogP contribution >= 0.6 is 56.2 Å². The number of aromatic nitrogens is 6. The number of halogens is 4. The van der Waals surface area contributed by atoms with E-state index in [0.717, 1.165) is 156 Å². The van der Waals surface area contributed by atoms with Gasteiger partial charge in [0, 0.05) is 162 Å². The van der Waals surface area contributed by atoms with E-state index in [1.807, 2.05) is 95.9 Å². The summed E-state index contributed by atoms with van der Waals surface area (Å²) in [6.07, 6.45) is 8.99. The summed E-state index contributed by atoms with van der Waals surface area (Å²) in [5.41, 5.74) is 7.34. The first-order chi connectivity index (χ1) is 56.1. The second kappa shape index (κ2) is 40.7. The second-order valence-electron chi connectivity index (χ2n) is 30.3. The van der Waals surface area contributed by atoms with Crippen molar-refractivity contribution in [2.75, 3.05) is 227 Å². The summed E-state index contributed by atoms with van der Waals surface area (Å²) in [7, 11) is 1.01. The third-order valence-corrected chi connectivity index (χ3v) is 26.7. The van der Waals surface area contributed by atoms with Gasteiger partial charge in [-0.05, 0) is 152 Å². The third-order valence-electron chi connectivity index (χ3n) is 21.2. The highest BCUT2D eigenvalue weighted by Crippen LogP contribution is 2.44. The Morgan fingerprint density at radius 3 is 1.14 bits per heavy atom. The van der Waals surface area contributed by atoms with Crippen molar-refractivity contribution >= 4 is 165 Å². The van der Waals surface area contributed by atoms with E-state index in [-0.39, 0.29) is 18.5 Å². The summed E-state index contributed by atoms with van der Waals surface area (Å²) >= 11 is 19.2. The predicted molar refractivity (Wildman–Crippen MR) is 483 cm³/mol. The lowest BCUT2D eigenvalue weighted by Gasteiger charge is -2.43. The highest BCUT2D eigenvalue weighted by atomic mass is 35.5. The van der Waals surface area contributed by atoms with Gasteiger partial charge in [-0.2, -0.15) is 15.0 Å². The molecular weight excluding hydrogens is 1620 g/mol. The lowest BCUT2D eigenvalue weighted by atomic mass is 10.0. The molecule has 3 aromatic heterocycles. The fourth-order valence-corrected chi connectivity index (χ4v) is 18.7. The van der Waals surface area contributed by atoms with E-state index in [1.54, 1.807) is 68.4 Å². The zero-order valence-electron chi connectivity index (χ0n) is 68.0. The molecule has 0 atom stereocenters. The molecular formula is C83H109Cl3FN20O8P3. The molecule has 6 aromatic carbocycles. The smallest absolute Gasteiger partial charge is 0.317 e. The number of likely N-dealkylation sites (N-methyl/N-ethyl adjacent to an activating group) is 1. The van der Waals surface area contributed by atoms with Crippen LogP contribution in [0.4, 0.5) is 95.7 Å². The lowest BCUT2D eigenvalue weighted by Crippen LogP contribution is -2.55. The van der Waals surface area contributed by atoms with Crippen LogP contribution in [0.25, 0.3) is 0 Å². The molecule has 8 heterocycles. The number of rotatable bonds is 23. The minimum Gasteiger partial charge on any atom is -0.494 e. The van der Waals surface area contributed by atoms with E-state index in [4.69, 9.17) is 53.8 Å². The van der Waals surface area contributed by atoms with E-state index in [2.05, 4.69) is 116 Å². The highest BCUT2D eigenvalue weighted by molar-refractivity contribution is 7.71. The standard InChI is InChI=1S/C30H40ClN8O3P.C29H38ClFN7O2P.C23H27ClN5O3P.CH4/c1-32-30(40)39-17-15-38(16-18-39)21-11-13-37(14-12-21)22-9-10-24(26(19-22)42-2)35-29-33-20-23(31)28(36-29)34-25-7-5-6-8-27(25)43(3,4)41;1-36-13-15-38(16-14-36)21-9-11-37(12-10-21)22-6-8-24(26(18-22)40-2)34-29-32-19-23(30)28(35-29)33-25-7-5-20(31)17-27(25)41(3,4)39;1-31-20-14-16(29-10-12-32-13-11-29)8-9-18(20)27-23-25-15-17(24)22(28-23)26-19-6-4-5-7-21(19)33(2,3)30;/h5-10,19-21H,11-18H2,1-4H3,(H,32,40)(H2,33,34,35,36);5-8,17-19,21H,9-16H2,1-4H3,(H2,32,33,34,35);4-9,14-15H,10-13H2,1-3H3,(H2,25,26,27,28);1H4. The number of morpholine rings is 1. The van der Waals surface area contributed by atoms with Gasteiger partial charge < -0.3 is 94.4 Å². The lowest BCUT2D eigenvalue weighted by molar-refractivity contribution is 0.0973. The van der Waals surface area contributed by atoms with Gasteiger partial charge in [0.25, 0.3) is 0 Å². The molecule has 9 aromatic rings. The number of ether oxygens (including phenoxy) is 4. The Morgan fingerprint density at radius 1 is 0.441 bits per heavy atom. The number of urea groups is 1. The molecule has 14 rings (SSSR count). The molecule has 0 radical (unpaired) electrons. The third kappa shape index (κ3) is 23.4. The summed E-state index contributed by atoms with van der Waals surface area (Å²) in [5, 5.41) is 24.8. The number of para-hydroxylation sites is 2. The topological polar surface area (TPSA) is 289 Å². The Balaban J connectivity index is 0.000000174. The maximum atomic E-state index is 13.9. The molecule has 5 fully saturated rings. The molecule has 28 nitrogen and oxygen atoms in total. The van der Waals surface area contributed by atoms with E-state index in [0.29, 0.717) is 116 Å². The Kier molecular flexibility index (Phi) is 30.9. The fourth-order valence-electron chi connectivity index (χ4n) is 14.8. The number of piperidine rings is 2. The van der Waals surface area contributed by atoms with Crippen molar-refractivity contribution < 1.29 is 41.8 Å². The van der Waals surface area contributed by atoms with Gasteiger partial charge in [-0.25, -0.2) is 24.1 Å². The van der Waals surface area contributed by atoms with Crippen LogP contribution in [0.5, 0.6) is 17.2 Å². The number of piperazine rings is 2. The number of nitrogens with zero attached hydrogens (tertiary/aromatic N) is 13. The molecule has 0 aliphatic carbocycles. The molecule has 5 saturated heterocycles. The van der Waals surface area contributed by atoms with Gasteiger partial charge in [-0.1, -0.05) is 66.5 Å². The maximum Gasteiger partial charge on any atom is 0.317 e. The van der Waals surface area contributed by atoms with Gasteiger partial charge in [0.2, 0.25) is 17.8 Å². The van der Waals surface area contributed by atoms with Crippen LogP contribution in [0.1, 0.15) is 33.1 Å². The number of carbonyl (C=O) groups excluding carboxylic acids is 1. The first-order valence-corrected chi connectivity index (χ1v) is 47.9. The number of nitrogens with one attached hydrogen (secondary N) is 7. The number of methoxy groups -OCH3 is 3. The van der Waals surface area contributed by atoms with Crippen LogP contribution < -0.4 is 82.0 Å². The molecule has 7 N–H and O–H groups in total. The number of hydrogen-bond acceptors (Lipinski definition) is 26.